The number of methoxy groups -OCH3 is 1. The molecule has 7 heteroatoms. The fourth-order valence-corrected chi connectivity index (χ4v) is 6.32. The number of likely N-dealkylation sites (N-methyl/N-ethyl adjacent to an activating group) is 1. The summed E-state index contributed by atoms with van der Waals surface area (Å²) in [5.74, 6) is 0.817. The zero-order chi connectivity index (χ0) is 21.8. The van der Waals surface area contributed by atoms with Crippen LogP contribution in [0.4, 0.5) is 4.79 Å². The van der Waals surface area contributed by atoms with Crippen molar-refractivity contribution in [2.24, 2.45) is 7.05 Å². The summed E-state index contributed by atoms with van der Waals surface area (Å²) in [6, 6.07) is 6.07. The van der Waals surface area contributed by atoms with Crippen molar-refractivity contribution in [1.29, 1.82) is 0 Å². The number of hydrogen-bond acceptors (Lipinski definition) is 4. The van der Waals surface area contributed by atoms with E-state index < -0.39 is 0 Å². The zero-order valence-corrected chi connectivity index (χ0v) is 18.9. The number of benzene rings is 1. The molecule has 31 heavy (non-hydrogen) atoms. The number of amides is 2. The number of ether oxygens (including phenoxy) is 1. The number of carbonyl (C=O) groups is 1. The number of urea groups is 1. The van der Waals surface area contributed by atoms with Crippen LogP contribution in [0.3, 0.4) is 0 Å². The SMILES string of the molecule is COc1ccc2c3c(n(C)c2c1)[C@@H](CO)N(C(=O)NC1CCCCC1)CC31CN(C)C1. The van der Waals surface area contributed by atoms with Gasteiger partial charge in [-0.2, -0.15) is 0 Å². The number of likely N-dealkylation sites (tertiary alicyclic amines) is 1. The molecule has 1 spiro atoms. The molecule has 0 bridgehead atoms. The third kappa shape index (κ3) is 3.21. The molecule has 3 heterocycles. The van der Waals surface area contributed by atoms with E-state index in [0.717, 1.165) is 42.9 Å². The maximum absolute atomic E-state index is 13.4. The highest BCUT2D eigenvalue weighted by molar-refractivity contribution is 5.90. The van der Waals surface area contributed by atoms with Crippen LogP contribution >= 0.6 is 0 Å². The number of aromatic nitrogens is 1. The second kappa shape index (κ2) is 7.71. The van der Waals surface area contributed by atoms with E-state index in [-0.39, 0.29) is 30.1 Å². The fourth-order valence-electron chi connectivity index (χ4n) is 6.32. The summed E-state index contributed by atoms with van der Waals surface area (Å²) in [4.78, 5) is 17.7. The molecular weight excluding hydrogens is 392 g/mol. The molecule has 1 aromatic heterocycles. The maximum Gasteiger partial charge on any atom is 0.318 e. The van der Waals surface area contributed by atoms with Crippen LogP contribution in [0.15, 0.2) is 18.2 Å². The largest absolute Gasteiger partial charge is 0.497 e. The van der Waals surface area contributed by atoms with Crippen molar-refractivity contribution in [3.05, 3.63) is 29.5 Å². The number of aryl methyl sites for hydroxylation is 1. The molecule has 2 aromatic rings. The van der Waals surface area contributed by atoms with Crippen LogP contribution in [-0.4, -0.2) is 71.9 Å². The molecule has 5 rings (SSSR count). The molecule has 7 nitrogen and oxygen atoms in total. The Morgan fingerprint density at radius 2 is 1.94 bits per heavy atom. The van der Waals surface area contributed by atoms with Gasteiger partial charge in [0.2, 0.25) is 0 Å². The third-order valence-corrected chi connectivity index (χ3v) is 7.66. The van der Waals surface area contributed by atoms with Gasteiger partial charge in [-0.05, 0) is 37.6 Å². The standard InChI is InChI=1S/C24H34N4O3/c1-26-13-24(14-26)15-28(23(30)25-16-7-5-4-6-8-16)20(12-29)22-21(24)18-10-9-17(31-3)11-19(18)27(22)2/h9-11,16,20,29H,4-8,12-15H2,1-3H3,(H,25,30)/t20-/m1/s1. The van der Waals surface area contributed by atoms with Crippen LogP contribution < -0.4 is 10.1 Å². The molecule has 168 valence electrons. The second-order valence-electron chi connectivity index (χ2n) is 9.77. The lowest BCUT2D eigenvalue weighted by Gasteiger charge is -2.55. The highest BCUT2D eigenvalue weighted by atomic mass is 16.5. The first-order chi connectivity index (χ1) is 15.0. The Kier molecular flexibility index (Phi) is 5.13. The summed E-state index contributed by atoms with van der Waals surface area (Å²) in [6.45, 7) is 2.38. The molecule has 0 unspecified atom stereocenters. The van der Waals surface area contributed by atoms with E-state index in [1.165, 1.54) is 30.2 Å². The Balaban J connectivity index is 1.58. The second-order valence-corrected chi connectivity index (χ2v) is 9.77. The van der Waals surface area contributed by atoms with Gasteiger partial charge >= 0.3 is 6.03 Å². The number of aliphatic hydroxyl groups is 1. The number of nitrogens with one attached hydrogen (secondary N) is 1. The number of aliphatic hydroxyl groups excluding tert-OH is 1. The monoisotopic (exact) mass is 426 g/mol. The predicted octanol–water partition coefficient (Wildman–Crippen LogP) is 2.76. The van der Waals surface area contributed by atoms with E-state index in [0.29, 0.717) is 6.54 Å². The third-order valence-electron chi connectivity index (χ3n) is 7.66. The van der Waals surface area contributed by atoms with Gasteiger partial charge < -0.3 is 29.5 Å². The van der Waals surface area contributed by atoms with Gasteiger partial charge in [0.25, 0.3) is 0 Å². The van der Waals surface area contributed by atoms with Gasteiger partial charge in [0, 0.05) is 55.3 Å². The lowest BCUT2D eigenvalue weighted by Crippen LogP contribution is -2.67. The van der Waals surface area contributed by atoms with Crippen LogP contribution in [0, 0.1) is 0 Å². The Bertz CT molecular complexity index is 988. The highest BCUT2D eigenvalue weighted by Gasteiger charge is 2.53. The molecule has 0 radical (unpaired) electrons. The van der Waals surface area contributed by atoms with Crippen molar-refractivity contribution >= 4 is 16.9 Å². The molecule has 1 saturated carbocycles. The predicted molar refractivity (Wildman–Crippen MR) is 121 cm³/mol. The molecule has 1 atom stereocenters. The van der Waals surface area contributed by atoms with Crippen LogP contribution in [0.5, 0.6) is 5.75 Å². The summed E-state index contributed by atoms with van der Waals surface area (Å²) in [5, 5.41) is 14.9. The van der Waals surface area contributed by atoms with Crippen molar-refractivity contribution in [3.63, 3.8) is 0 Å². The normalized spacial score (nSPS) is 23.6. The Morgan fingerprint density at radius 1 is 1.19 bits per heavy atom. The van der Waals surface area contributed by atoms with Gasteiger partial charge in [-0.15, -0.1) is 0 Å². The lowest BCUT2D eigenvalue weighted by molar-refractivity contribution is 0.0236. The van der Waals surface area contributed by atoms with Crippen LogP contribution in [0.1, 0.15) is 49.4 Å². The molecule has 1 saturated heterocycles. The van der Waals surface area contributed by atoms with Crippen LogP contribution in [-0.2, 0) is 12.5 Å². The average molecular weight is 427 g/mol. The Hall–Kier alpha value is -2.25. The number of hydrogen-bond donors (Lipinski definition) is 2. The molecule has 2 N–H and O–H groups in total. The smallest absolute Gasteiger partial charge is 0.318 e. The number of nitrogens with zero attached hydrogens (tertiary/aromatic N) is 3. The summed E-state index contributed by atoms with van der Waals surface area (Å²) in [6.07, 6.45) is 5.72. The number of rotatable bonds is 3. The molecule has 3 aliphatic rings. The van der Waals surface area contributed by atoms with Crippen LogP contribution in [0.2, 0.25) is 0 Å². The Labute approximate surface area is 183 Å². The topological polar surface area (TPSA) is 70.0 Å². The van der Waals surface area contributed by atoms with Crippen molar-refractivity contribution in [3.8, 4) is 5.75 Å². The highest BCUT2D eigenvalue weighted by Crippen LogP contribution is 2.49. The van der Waals surface area contributed by atoms with Gasteiger partial charge in [0.05, 0.1) is 25.3 Å². The van der Waals surface area contributed by atoms with Crippen LogP contribution in [0.25, 0.3) is 10.9 Å². The first kappa shape index (κ1) is 20.6. The van der Waals surface area contributed by atoms with Gasteiger partial charge in [-0.3, -0.25) is 0 Å². The summed E-state index contributed by atoms with van der Waals surface area (Å²) >= 11 is 0. The summed E-state index contributed by atoms with van der Waals surface area (Å²) in [7, 11) is 5.85. The van der Waals surface area contributed by atoms with E-state index in [1.807, 2.05) is 18.0 Å². The minimum absolute atomic E-state index is 0.0339. The number of fused-ring (bicyclic) bond motifs is 4. The quantitative estimate of drug-likeness (QED) is 0.792. The van der Waals surface area contributed by atoms with Crippen molar-refractivity contribution in [2.75, 3.05) is 40.4 Å². The maximum atomic E-state index is 13.4. The average Bonchev–Trinajstić information content (AvgIpc) is 3.06. The minimum atomic E-state index is -0.349. The van der Waals surface area contributed by atoms with Gasteiger partial charge in [-0.25, -0.2) is 4.79 Å². The Morgan fingerprint density at radius 3 is 2.58 bits per heavy atom. The molecule has 2 fully saturated rings. The zero-order valence-electron chi connectivity index (χ0n) is 18.9. The molecule has 1 aromatic carbocycles. The summed E-state index contributed by atoms with van der Waals surface area (Å²) < 4.78 is 7.63. The molecule has 2 amide bonds. The van der Waals surface area contributed by atoms with E-state index >= 15 is 0 Å². The van der Waals surface area contributed by atoms with Crippen molar-refractivity contribution in [1.82, 2.24) is 19.7 Å². The lowest BCUT2D eigenvalue weighted by atomic mass is 9.69. The molecular formula is C24H34N4O3. The van der Waals surface area contributed by atoms with E-state index in [1.54, 1.807) is 7.11 Å². The van der Waals surface area contributed by atoms with E-state index in [4.69, 9.17) is 4.74 Å². The van der Waals surface area contributed by atoms with Crippen molar-refractivity contribution in [2.45, 2.75) is 49.6 Å². The number of carbonyl (C=O) groups excluding carboxylic acids is 1. The fraction of sp³-hybridized carbons (Fsp3) is 0.625. The molecule has 2 aliphatic heterocycles. The van der Waals surface area contributed by atoms with E-state index in [2.05, 4.69) is 34.0 Å². The van der Waals surface area contributed by atoms with E-state index in [9.17, 15) is 9.90 Å². The van der Waals surface area contributed by atoms with Gasteiger partial charge in [-0.1, -0.05) is 19.3 Å². The van der Waals surface area contributed by atoms with Gasteiger partial charge in [0.1, 0.15) is 5.75 Å². The first-order valence-corrected chi connectivity index (χ1v) is 11.5. The summed E-state index contributed by atoms with van der Waals surface area (Å²) in [5.41, 5.74) is 3.34. The minimum Gasteiger partial charge on any atom is -0.497 e. The van der Waals surface area contributed by atoms with Gasteiger partial charge in [0.15, 0.2) is 0 Å². The molecule has 1 aliphatic carbocycles. The van der Waals surface area contributed by atoms with Crippen molar-refractivity contribution < 1.29 is 14.6 Å². The first-order valence-electron chi connectivity index (χ1n) is 11.5.